The van der Waals surface area contributed by atoms with Gasteiger partial charge in [-0.15, -0.1) is 0 Å². The van der Waals surface area contributed by atoms with Crippen molar-refractivity contribution in [3.63, 3.8) is 0 Å². The number of ether oxygens (including phenoxy) is 2. The van der Waals surface area contributed by atoms with Crippen molar-refractivity contribution in [3.8, 4) is 22.9 Å². The van der Waals surface area contributed by atoms with Crippen LogP contribution in [0.3, 0.4) is 0 Å². The maximum atomic E-state index is 13.2. The van der Waals surface area contributed by atoms with Gasteiger partial charge in [0.2, 0.25) is 5.82 Å². The first kappa shape index (κ1) is 20.1. The van der Waals surface area contributed by atoms with E-state index in [1.54, 1.807) is 6.07 Å². The van der Waals surface area contributed by atoms with Crippen molar-refractivity contribution >= 4 is 15.9 Å². The van der Waals surface area contributed by atoms with E-state index in [0.717, 1.165) is 15.6 Å². The van der Waals surface area contributed by atoms with Crippen molar-refractivity contribution in [2.45, 2.75) is 19.6 Å². The molecule has 0 saturated heterocycles. The second-order valence-electron chi connectivity index (χ2n) is 6.62. The molecule has 0 bridgehead atoms. The summed E-state index contributed by atoms with van der Waals surface area (Å²) in [7, 11) is 0. The van der Waals surface area contributed by atoms with Crippen LogP contribution in [0.15, 0.2) is 81.8 Å². The molecule has 1 atom stereocenters. The van der Waals surface area contributed by atoms with Crippen LogP contribution in [0.4, 0.5) is 4.39 Å². The van der Waals surface area contributed by atoms with Gasteiger partial charge in [-0.3, -0.25) is 0 Å². The number of hydrogen-bond acceptors (Lipinski definition) is 5. The van der Waals surface area contributed by atoms with Crippen molar-refractivity contribution < 1.29 is 18.4 Å². The highest BCUT2D eigenvalue weighted by Gasteiger charge is 2.17. The van der Waals surface area contributed by atoms with Gasteiger partial charge in [0.05, 0.1) is 0 Å². The second kappa shape index (κ2) is 9.09. The lowest BCUT2D eigenvalue weighted by Gasteiger charge is -2.10. The quantitative estimate of drug-likeness (QED) is 0.315. The van der Waals surface area contributed by atoms with Crippen LogP contribution >= 0.6 is 15.9 Å². The average molecular weight is 469 g/mol. The monoisotopic (exact) mass is 468 g/mol. The van der Waals surface area contributed by atoms with Crippen LogP contribution < -0.4 is 9.47 Å². The Morgan fingerprint density at radius 2 is 1.80 bits per heavy atom. The van der Waals surface area contributed by atoms with E-state index < -0.39 is 6.10 Å². The van der Waals surface area contributed by atoms with Crippen LogP contribution in [0, 0.1) is 5.82 Å². The van der Waals surface area contributed by atoms with Gasteiger partial charge in [-0.2, -0.15) is 4.98 Å². The Balaban J connectivity index is 1.39. The van der Waals surface area contributed by atoms with E-state index >= 15 is 0 Å². The third-order valence-corrected chi connectivity index (χ3v) is 4.80. The molecule has 30 heavy (non-hydrogen) atoms. The van der Waals surface area contributed by atoms with E-state index in [4.69, 9.17) is 14.0 Å². The molecule has 0 spiro atoms. The Labute approximate surface area is 181 Å². The molecule has 4 rings (SSSR count). The predicted molar refractivity (Wildman–Crippen MR) is 114 cm³/mol. The largest absolute Gasteiger partial charge is 0.489 e. The number of hydrogen-bond donors (Lipinski definition) is 0. The molecule has 152 valence electrons. The molecule has 5 nitrogen and oxygen atoms in total. The molecule has 3 aromatic carbocycles. The number of halogens is 2. The smallest absolute Gasteiger partial charge is 0.267 e. The fourth-order valence-corrected chi connectivity index (χ4v) is 3.18. The average Bonchev–Trinajstić information content (AvgIpc) is 3.23. The van der Waals surface area contributed by atoms with Gasteiger partial charge < -0.3 is 14.0 Å². The maximum absolute atomic E-state index is 13.2. The van der Waals surface area contributed by atoms with Crippen molar-refractivity contribution in [3.05, 3.63) is 94.5 Å². The summed E-state index contributed by atoms with van der Waals surface area (Å²) in [5.74, 6) is 1.94. The summed E-state index contributed by atoms with van der Waals surface area (Å²) in [6.45, 7) is 2.13. The van der Waals surface area contributed by atoms with Crippen LogP contribution in [-0.2, 0) is 6.61 Å². The van der Waals surface area contributed by atoms with Gasteiger partial charge >= 0.3 is 0 Å². The molecule has 0 radical (unpaired) electrons. The first-order chi connectivity index (χ1) is 14.6. The van der Waals surface area contributed by atoms with E-state index in [-0.39, 0.29) is 12.4 Å². The van der Waals surface area contributed by atoms with Gasteiger partial charge in [0.15, 0.2) is 6.10 Å². The Kier molecular flexibility index (Phi) is 6.09. The first-order valence-electron chi connectivity index (χ1n) is 9.30. The fraction of sp³-hybridized carbons (Fsp3) is 0.130. The molecule has 4 aromatic rings. The highest BCUT2D eigenvalue weighted by Crippen LogP contribution is 2.26. The molecular weight excluding hydrogens is 451 g/mol. The molecule has 0 saturated carbocycles. The molecular formula is C23H18BrFN2O3. The number of nitrogens with zero attached hydrogens (tertiary/aromatic N) is 2. The van der Waals surface area contributed by atoms with Crippen LogP contribution in [0.1, 0.15) is 24.5 Å². The van der Waals surface area contributed by atoms with E-state index in [2.05, 4.69) is 26.1 Å². The van der Waals surface area contributed by atoms with Crippen LogP contribution in [0.25, 0.3) is 11.4 Å². The van der Waals surface area contributed by atoms with Crippen molar-refractivity contribution in [2.24, 2.45) is 0 Å². The van der Waals surface area contributed by atoms with Crippen molar-refractivity contribution in [1.29, 1.82) is 0 Å². The Bertz CT molecular complexity index is 1130. The number of rotatable bonds is 7. The minimum absolute atomic E-state index is 0.280. The molecule has 7 heteroatoms. The number of aromatic nitrogens is 2. The number of benzene rings is 3. The molecule has 1 heterocycles. The molecule has 0 amide bonds. The Morgan fingerprint density at radius 3 is 2.57 bits per heavy atom. The maximum Gasteiger partial charge on any atom is 0.267 e. The van der Waals surface area contributed by atoms with Gasteiger partial charge in [0, 0.05) is 10.0 Å². The molecule has 0 N–H and O–H groups in total. The van der Waals surface area contributed by atoms with E-state index in [0.29, 0.717) is 23.2 Å². The molecule has 1 unspecified atom stereocenters. The van der Waals surface area contributed by atoms with Crippen molar-refractivity contribution in [2.75, 3.05) is 0 Å². The lowest BCUT2D eigenvalue weighted by Crippen LogP contribution is -2.03. The van der Waals surface area contributed by atoms with Gasteiger partial charge in [-0.25, -0.2) is 4.39 Å². The molecule has 1 aromatic heterocycles. The Morgan fingerprint density at radius 1 is 1.00 bits per heavy atom. The highest BCUT2D eigenvalue weighted by atomic mass is 79.9. The summed E-state index contributed by atoms with van der Waals surface area (Å²) in [5.41, 5.74) is 1.55. The fourth-order valence-electron chi connectivity index (χ4n) is 2.81. The summed E-state index contributed by atoms with van der Waals surface area (Å²) >= 11 is 3.42. The SMILES string of the molecule is CC(Oc1cccc(Br)c1)c1nc(-c2ccc(OCc3cccc(F)c3)cc2)no1. The summed E-state index contributed by atoms with van der Waals surface area (Å²) in [4.78, 5) is 4.43. The van der Waals surface area contributed by atoms with Crippen molar-refractivity contribution in [1.82, 2.24) is 10.1 Å². The Hall–Kier alpha value is -3.19. The van der Waals surface area contributed by atoms with Gasteiger partial charge in [0.25, 0.3) is 5.89 Å². The van der Waals surface area contributed by atoms with E-state index in [9.17, 15) is 4.39 Å². The second-order valence-corrected chi connectivity index (χ2v) is 7.53. The molecule has 0 fully saturated rings. The van der Waals surface area contributed by atoms with Crippen LogP contribution in [-0.4, -0.2) is 10.1 Å². The summed E-state index contributed by atoms with van der Waals surface area (Å²) in [6.07, 6.45) is -0.394. The van der Waals surface area contributed by atoms with E-state index in [1.165, 1.54) is 12.1 Å². The zero-order valence-corrected chi connectivity index (χ0v) is 17.7. The molecule has 0 aliphatic rings. The van der Waals surface area contributed by atoms with Crippen LogP contribution in [0.5, 0.6) is 11.5 Å². The van der Waals surface area contributed by atoms with Gasteiger partial charge in [-0.1, -0.05) is 39.3 Å². The normalized spacial score (nSPS) is 11.8. The summed E-state index contributed by atoms with van der Waals surface area (Å²) in [5, 5.41) is 4.04. The van der Waals surface area contributed by atoms with E-state index in [1.807, 2.05) is 61.5 Å². The zero-order chi connectivity index (χ0) is 20.9. The zero-order valence-electron chi connectivity index (χ0n) is 16.1. The summed E-state index contributed by atoms with van der Waals surface area (Å²) in [6, 6.07) is 21.2. The predicted octanol–water partition coefficient (Wildman–Crippen LogP) is 6.36. The minimum atomic E-state index is -0.394. The lowest BCUT2D eigenvalue weighted by molar-refractivity contribution is 0.175. The van der Waals surface area contributed by atoms with Gasteiger partial charge in [0.1, 0.15) is 23.9 Å². The standard InChI is InChI=1S/C23H18BrFN2O3/c1-15(29-21-7-3-5-18(24)13-21)23-26-22(27-30-23)17-8-10-20(11-9-17)28-14-16-4-2-6-19(25)12-16/h2-13,15H,14H2,1H3. The van der Waals surface area contributed by atoms with Crippen LogP contribution in [0.2, 0.25) is 0 Å². The highest BCUT2D eigenvalue weighted by molar-refractivity contribution is 9.10. The topological polar surface area (TPSA) is 57.4 Å². The summed E-state index contributed by atoms with van der Waals surface area (Å²) < 4.78 is 31.1. The van der Waals surface area contributed by atoms with Gasteiger partial charge in [-0.05, 0) is 67.1 Å². The lowest BCUT2D eigenvalue weighted by atomic mass is 10.2. The minimum Gasteiger partial charge on any atom is -0.489 e. The molecule has 0 aliphatic heterocycles. The third kappa shape index (κ3) is 5.04. The first-order valence-corrected chi connectivity index (χ1v) is 10.1. The third-order valence-electron chi connectivity index (χ3n) is 4.31. The molecule has 0 aliphatic carbocycles.